The summed E-state index contributed by atoms with van der Waals surface area (Å²) in [5.74, 6) is 0.231. The Labute approximate surface area is 142 Å². The molecule has 4 rings (SSSR count). The number of anilines is 1. The molecule has 0 aliphatic heterocycles. The lowest BCUT2D eigenvalue weighted by Crippen LogP contribution is -2.18. The minimum Gasteiger partial charge on any atom is -0.497 e. The maximum absolute atomic E-state index is 14.0. The minimum atomic E-state index is -0.431. The molecule has 1 amide bonds. The van der Waals surface area contributed by atoms with Crippen molar-refractivity contribution in [2.75, 3.05) is 12.4 Å². The van der Waals surface area contributed by atoms with Crippen molar-refractivity contribution in [2.24, 2.45) is 0 Å². The van der Waals surface area contributed by atoms with E-state index in [9.17, 15) is 9.18 Å². The number of aromatic amines is 1. The molecule has 2 aromatic heterocycles. The quantitative estimate of drug-likeness (QED) is 0.600. The molecular formula is C18H15FN4O2. The first-order valence-corrected chi connectivity index (χ1v) is 7.71. The van der Waals surface area contributed by atoms with Crippen molar-refractivity contribution in [3.8, 4) is 5.75 Å². The molecule has 7 heteroatoms. The van der Waals surface area contributed by atoms with Crippen molar-refractivity contribution in [1.29, 1.82) is 0 Å². The number of benzene rings is 2. The van der Waals surface area contributed by atoms with Crippen LogP contribution in [0.4, 0.5) is 10.2 Å². The van der Waals surface area contributed by atoms with E-state index in [0.29, 0.717) is 5.52 Å². The number of fused-ring (bicyclic) bond motifs is 2. The van der Waals surface area contributed by atoms with Gasteiger partial charge in [-0.2, -0.15) is 5.10 Å². The van der Waals surface area contributed by atoms with E-state index >= 15 is 0 Å². The number of amides is 1. The molecule has 0 radical (unpaired) electrons. The molecule has 6 nitrogen and oxygen atoms in total. The summed E-state index contributed by atoms with van der Waals surface area (Å²) in [5.41, 5.74) is 1.45. The highest BCUT2D eigenvalue weighted by atomic mass is 19.1. The van der Waals surface area contributed by atoms with E-state index in [4.69, 9.17) is 4.74 Å². The molecule has 0 fully saturated rings. The van der Waals surface area contributed by atoms with E-state index in [1.54, 1.807) is 19.2 Å². The third-order valence-electron chi connectivity index (χ3n) is 4.09. The van der Waals surface area contributed by atoms with Crippen LogP contribution in [0.25, 0.3) is 21.8 Å². The molecule has 0 saturated heterocycles. The number of carbonyl (C=O) groups is 1. The molecule has 0 unspecified atom stereocenters. The second kappa shape index (κ2) is 5.94. The fraction of sp³-hybridized carbons (Fsp3) is 0.111. The zero-order valence-corrected chi connectivity index (χ0v) is 13.4. The lowest BCUT2D eigenvalue weighted by atomic mass is 10.2. The largest absolute Gasteiger partial charge is 0.497 e. The summed E-state index contributed by atoms with van der Waals surface area (Å²) in [7, 11) is 1.61. The van der Waals surface area contributed by atoms with Crippen molar-refractivity contribution in [3.05, 3.63) is 54.5 Å². The summed E-state index contributed by atoms with van der Waals surface area (Å²) in [6.45, 7) is 0.0959. The van der Waals surface area contributed by atoms with E-state index in [1.807, 2.05) is 35.0 Å². The SMILES string of the molecule is COc1ccc2c(ccn2CC(=O)Nc2n[nH]c3cccc(F)c23)c1. The molecule has 0 spiro atoms. The average Bonchev–Trinajstić information content (AvgIpc) is 3.20. The molecule has 25 heavy (non-hydrogen) atoms. The van der Waals surface area contributed by atoms with Crippen LogP contribution in [-0.4, -0.2) is 27.8 Å². The van der Waals surface area contributed by atoms with Crippen molar-refractivity contribution < 1.29 is 13.9 Å². The summed E-state index contributed by atoms with van der Waals surface area (Å²) in [6, 6.07) is 12.2. The summed E-state index contributed by atoms with van der Waals surface area (Å²) < 4.78 is 21.0. The van der Waals surface area contributed by atoms with Gasteiger partial charge in [0.05, 0.1) is 18.0 Å². The Morgan fingerprint density at radius 3 is 3.04 bits per heavy atom. The van der Waals surface area contributed by atoms with Gasteiger partial charge in [0.1, 0.15) is 18.1 Å². The monoisotopic (exact) mass is 338 g/mol. The molecular weight excluding hydrogens is 323 g/mol. The molecule has 126 valence electrons. The normalized spacial score (nSPS) is 11.1. The van der Waals surface area contributed by atoms with Crippen molar-refractivity contribution in [2.45, 2.75) is 6.54 Å². The molecule has 2 N–H and O–H groups in total. The van der Waals surface area contributed by atoms with Gasteiger partial charge in [-0.25, -0.2) is 4.39 Å². The van der Waals surface area contributed by atoms with E-state index in [-0.39, 0.29) is 23.7 Å². The Balaban J connectivity index is 1.58. The van der Waals surface area contributed by atoms with E-state index < -0.39 is 5.82 Å². The lowest BCUT2D eigenvalue weighted by molar-refractivity contribution is -0.116. The summed E-state index contributed by atoms with van der Waals surface area (Å²) in [5, 5.41) is 10.6. The van der Waals surface area contributed by atoms with Crippen LogP contribution >= 0.6 is 0 Å². The number of hydrogen-bond donors (Lipinski definition) is 2. The predicted molar refractivity (Wildman–Crippen MR) is 93.2 cm³/mol. The van der Waals surface area contributed by atoms with Gasteiger partial charge < -0.3 is 14.6 Å². The van der Waals surface area contributed by atoms with E-state index in [2.05, 4.69) is 15.5 Å². The molecule has 0 aliphatic rings. The summed E-state index contributed by atoms with van der Waals surface area (Å²) in [4.78, 5) is 12.4. The molecule has 0 saturated carbocycles. The zero-order chi connectivity index (χ0) is 17.4. The van der Waals surface area contributed by atoms with Crippen LogP contribution in [0.1, 0.15) is 0 Å². The molecule has 4 aromatic rings. The smallest absolute Gasteiger partial charge is 0.245 e. The van der Waals surface area contributed by atoms with Gasteiger partial charge >= 0.3 is 0 Å². The van der Waals surface area contributed by atoms with Crippen LogP contribution in [0.3, 0.4) is 0 Å². The van der Waals surface area contributed by atoms with Crippen molar-refractivity contribution in [1.82, 2.24) is 14.8 Å². The van der Waals surface area contributed by atoms with Gasteiger partial charge in [0, 0.05) is 17.1 Å². The Bertz CT molecular complexity index is 1080. The summed E-state index contributed by atoms with van der Waals surface area (Å²) >= 11 is 0. The standard InChI is InChI=1S/C18H15FN4O2/c1-25-12-5-6-15-11(9-12)7-8-23(15)10-16(24)20-18-17-13(19)3-2-4-14(17)21-22-18/h2-9H,10H2,1H3,(H2,20,21,22,24). The molecule has 2 heterocycles. The third kappa shape index (κ3) is 2.69. The fourth-order valence-corrected chi connectivity index (χ4v) is 2.89. The Morgan fingerprint density at radius 1 is 1.32 bits per heavy atom. The topological polar surface area (TPSA) is 71.9 Å². The number of methoxy groups -OCH3 is 1. The molecule has 2 aromatic carbocycles. The zero-order valence-electron chi connectivity index (χ0n) is 13.4. The second-order valence-corrected chi connectivity index (χ2v) is 5.65. The highest BCUT2D eigenvalue weighted by Gasteiger charge is 2.14. The lowest BCUT2D eigenvalue weighted by Gasteiger charge is -2.07. The van der Waals surface area contributed by atoms with Crippen LogP contribution in [0.2, 0.25) is 0 Å². The number of nitrogens with one attached hydrogen (secondary N) is 2. The Morgan fingerprint density at radius 2 is 2.20 bits per heavy atom. The van der Waals surface area contributed by atoms with Crippen LogP contribution in [0.15, 0.2) is 48.7 Å². The van der Waals surface area contributed by atoms with Gasteiger partial charge in [-0.05, 0) is 36.4 Å². The first-order valence-electron chi connectivity index (χ1n) is 7.71. The van der Waals surface area contributed by atoms with Gasteiger partial charge in [0.15, 0.2) is 5.82 Å². The minimum absolute atomic E-state index is 0.0959. The number of ether oxygens (including phenoxy) is 1. The fourth-order valence-electron chi connectivity index (χ4n) is 2.89. The number of rotatable bonds is 4. The van der Waals surface area contributed by atoms with Crippen molar-refractivity contribution >= 4 is 33.5 Å². The number of carbonyl (C=O) groups excluding carboxylic acids is 1. The van der Waals surface area contributed by atoms with Gasteiger partial charge in [-0.15, -0.1) is 0 Å². The van der Waals surface area contributed by atoms with E-state index in [0.717, 1.165) is 16.7 Å². The van der Waals surface area contributed by atoms with Crippen LogP contribution < -0.4 is 10.1 Å². The predicted octanol–water partition coefficient (Wildman–Crippen LogP) is 3.30. The van der Waals surface area contributed by atoms with Crippen molar-refractivity contribution in [3.63, 3.8) is 0 Å². The van der Waals surface area contributed by atoms with Gasteiger partial charge in [0.25, 0.3) is 0 Å². The van der Waals surface area contributed by atoms with E-state index in [1.165, 1.54) is 6.07 Å². The van der Waals surface area contributed by atoms with Crippen LogP contribution in [-0.2, 0) is 11.3 Å². The highest BCUT2D eigenvalue weighted by Crippen LogP contribution is 2.24. The number of hydrogen-bond acceptors (Lipinski definition) is 3. The van der Waals surface area contributed by atoms with Crippen LogP contribution in [0.5, 0.6) is 5.75 Å². The van der Waals surface area contributed by atoms with Gasteiger partial charge in [-0.1, -0.05) is 6.07 Å². The van der Waals surface area contributed by atoms with Gasteiger partial charge in [-0.3, -0.25) is 9.89 Å². The highest BCUT2D eigenvalue weighted by molar-refractivity contribution is 6.00. The number of nitrogens with zero attached hydrogens (tertiary/aromatic N) is 2. The maximum atomic E-state index is 14.0. The van der Waals surface area contributed by atoms with Gasteiger partial charge in [0.2, 0.25) is 5.91 Å². The maximum Gasteiger partial charge on any atom is 0.245 e. The first-order chi connectivity index (χ1) is 12.2. The second-order valence-electron chi connectivity index (χ2n) is 5.65. The summed E-state index contributed by atoms with van der Waals surface area (Å²) in [6.07, 6.45) is 1.83. The Kier molecular flexibility index (Phi) is 3.61. The third-order valence-corrected chi connectivity index (χ3v) is 4.09. The first kappa shape index (κ1) is 15.2. The average molecular weight is 338 g/mol. The molecule has 0 aliphatic carbocycles. The number of halogens is 1. The molecule has 0 bridgehead atoms. The Hall–Kier alpha value is -3.35. The van der Waals surface area contributed by atoms with Crippen LogP contribution in [0, 0.1) is 5.82 Å². The number of H-pyrrole nitrogens is 1. The molecule has 0 atom stereocenters. The number of aromatic nitrogens is 3.